The van der Waals surface area contributed by atoms with E-state index in [1.807, 2.05) is 38.1 Å². The van der Waals surface area contributed by atoms with Crippen LogP contribution in [0, 0.1) is 0 Å². The fraction of sp³-hybridized carbons (Fsp3) is 0.300. The molecule has 1 aromatic heterocycles. The molecule has 0 aliphatic rings. The van der Waals surface area contributed by atoms with E-state index in [0.29, 0.717) is 17.1 Å². The summed E-state index contributed by atoms with van der Waals surface area (Å²) in [5.74, 6) is 0.680. The van der Waals surface area contributed by atoms with Crippen LogP contribution in [0.3, 0.4) is 0 Å². The van der Waals surface area contributed by atoms with Crippen molar-refractivity contribution in [3.63, 3.8) is 0 Å². The molecule has 2 radical (unpaired) electrons. The summed E-state index contributed by atoms with van der Waals surface area (Å²) >= 11 is 7.91. The lowest BCUT2D eigenvalue weighted by Gasteiger charge is -2.11. The molecular weight excluding hydrogens is 363 g/mol. The molecule has 2 aromatic carbocycles. The van der Waals surface area contributed by atoms with Gasteiger partial charge in [-0.05, 0) is 44.0 Å². The van der Waals surface area contributed by atoms with Gasteiger partial charge in [0.2, 0.25) is 0 Å². The van der Waals surface area contributed by atoms with E-state index in [1.54, 1.807) is 11.3 Å². The molecule has 0 saturated heterocycles. The largest absolute Gasteiger partial charge is 0.489 e. The van der Waals surface area contributed by atoms with E-state index in [0.717, 1.165) is 33.1 Å². The summed E-state index contributed by atoms with van der Waals surface area (Å²) in [6.07, 6.45) is 1.51. The zero-order valence-electron chi connectivity index (χ0n) is 15.1. The molecule has 3 rings (SSSR count). The van der Waals surface area contributed by atoms with E-state index in [4.69, 9.17) is 24.2 Å². The van der Waals surface area contributed by atoms with Crippen molar-refractivity contribution in [3.05, 3.63) is 52.5 Å². The number of aromatic nitrogens is 2. The number of hydrogen-bond donors (Lipinski definition) is 0. The van der Waals surface area contributed by atoms with Crippen molar-refractivity contribution in [1.82, 2.24) is 10.2 Å². The second-order valence-electron chi connectivity index (χ2n) is 6.23. The van der Waals surface area contributed by atoms with Crippen LogP contribution in [0.1, 0.15) is 31.9 Å². The summed E-state index contributed by atoms with van der Waals surface area (Å²) in [5.41, 5.74) is 4.42. The Morgan fingerprint density at radius 3 is 2.58 bits per heavy atom. The predicted octanol–water partition coefficient (Wildman–Crippen LogP) is 5.54. The van der Waals surface area contributed by atoms with Crippen molar-refractivity contribution in [1.29, 1.82) is 0 Å². The summed E-state index contributed by atoms with van der Waals surface area (Å²) in [5, 5.41) is 11.1. The molecule has 3 nitrogen and oxygen atoms in total. The average Bonchev–Trinajstić information content (AvgIpc) is 3.12. The fourth-order valence-electron chi connectivity index (χ4n) is 2.88. The quantitative estimate of drug-likeness (QED) is 0.525. The van der Waals surface area contributed by atoms with Crippen molar-refractivity contribution in [2.45, 2.75) is 39.6 Å². The second kappa shape index (κ2) is 8.23. The molecule has 0 amide bonds. The number of nitrogens with zero attached hydrogens (tertiary/aromatic N) is 2. The third-order valence-electron chi connectivity index (χ3n) is 4.04. The van der Waals surface area contributed by atoms with Gasteiger partial charge in [-0.1, -0.05) is 59.9 Å². The standard InChI is InChI=1S/C20H20BClN2OS/c1-4-15-14(11-21)6-5-7-16(15)20-24-23-19(26-20)13-8-9-18(17(22)10-13)25-12(2)3/h5-10,12H,4,11H2,1-3H3. The lowest BCUT2D eigenvalue weighted by atomic mass is 9.89. The third-order valence-corrected chi connectivity index (χ3v) is 5.34. The number of hydrogen-bond acceptors (Lipinski definition) is 4. The van der Waals surface area contributed by atoms with Gasteiger partial charge >= 0.3 is 0 Å². The van der Waals surface area contributed by atoms with Gasteiger partial charge < -0.3 is 4.74 Å². The Morgan fingerprint density at radius 1 is 1.15 bits per heavy atom. The van der Waals surface area contributed by atoms with Crippen molar-refractivity contribution < 1.29 is 4.74 Å². The molecule has 0 fully saturated rings. The number of ether oxygens (including phenoxy) is 1. The first kappa shape index (κ1) is 18.9. The zero-order valence-corrected chi connectivity index (χ0v) is 16.7. The Balaban J connectivity index is 1.95. The molecule has 0 spiro atoms. The van der Waals surface area contributed by atoms with Gasteiger partial charge in [0.1, 0.15) is 15.8 Å². The van der Waals surface area contributed by atoms with Crippen LogP contribution in [0.25, 0.3) is 21.1 Å². The zero-order chi connectivity index (χ0) is 18.7. The van der Waals surface area contributed by atoms with Gasteiger partial charge in [-0.25, -0.2) is 0 Å². The van der Waals surface area contributed by atoms with E-state index in [9.17, 15) is 0 Å². The van der Waals surface area contributed by atoms with E-state index in [1.165, 1.54) is 5.56 Å². The van der Waals surface area contributed by atoms with Crippen molar-refractivity contribution in [2.24, 2.45) is 0 Å². The molecule has 0 atom stereocenters. The maximum absolute atomic E-state index is 6.35. The highest BCUT2D eigenvalue weighted by Crippen LogP contribution is 2.36. The molecule has 6 heteroatoms. The van der Waals surface area contributed by atoms with Crippen LogP contribution in [0.5, 0.6) is 5.75 Å². The van der Waals surface area contributed by atoms with Gasteiger partial charge in [0, 0.05) is 11.1 Å². The molecule has 0 bridgehead atoms. The molecule has 0 aliphatic carbocycles. The summed E-state index contributed by atoms with van der Waals surface area (Å²) in [6.45, 7) is 6.08. The smallest absolute Gasteiger partial charge is 0.148 e. The molecule has 1 heterocycles. The predicted molar refractivity (Wildman–Crippen MR) is 110 cm³/mol. The molecule has 0 N–H and O–H groups in total. The highest BCUT2D eigenvalue weighted by Gasteiger charge is 2.14. The van der Waals surface area contributed by atoms with Gasteiger partial charge in [0.25, 0.3) is 0 Å². The summed E-state index contributed by atoms with van der Waals surface area (Å²) in [7, 11) is 5.88. The highest BCUT2D eigenvalue weighted by molar-refractivity contribution is 7.17. The SMILES string of the molecule is [B]Cc1cccc(-c2nnc(-c3ccc(OC(C)C)c(Cl)c3)s2)c1CC. The Morgan fingerprint density at radius 2 is 1.92 bits per heavy atom. The van der Waals surface area contributed by atoms with Crippen molar-refractivity contribution in [3.8, 4) is 26.9 Å². The van der Waals surface area contributed by atoms with Gasteiger partial charge in [-0.3, -0.25) is 0 Å². The summed E-state index contributed by atoms with van der Waals surface area (Å²) in [4.78, 5) is 0. The fourth-order valence-corrected chi connectivity index (χ4v) is 3.99. The summed E-state index contributed by atoms with van der Waals surface area (Å²) in [6, 6.07) is 11.9. The second-order valence-corrected chi connectivity index (χ2v) is 7.61. The van der Waals surface area contributed by atoms with Gasteiger partial charge in [0.15, 0.2) is 0 Å². The maximum Gasteiger partial charge on any atom is 0.148 e. The first-order valence-corrected chi connectivity index (χ1v) is 9.84. The van der Waals surface area contributed by atoms with Gasteiger partial charge in [-0.15, -0.1) is 10.2 Å². The number of rotatable bonds is 6. The van der Waals surface area contributed by atoms with Crippen LogP contribution < -0.4 is 4.74 Å². The Labute approximate surface area is 164 Å². The molecule has 3 aromatic rings. The number of halogens is 1. The Bertz CT molecular complexity index is 911. The Hall–Kier alpha value is -1.85. The van der Waals surface area contributed by atoms with E-state index >= 15 is 0 Å². The summed E-state index contributed by atoms with van der Waals surface area (Å²) < 4.78 is 5.69. The number of benzene rings is 2. The van der Waals surface area contributed by atoms with Crippen LogP contribution in [0.15, 0.2) is 36.4 Å². The Kier molecular flexibility index (Phi) is 5.99. The lowest BCUT2D eigenvalue weighted by Crippen LogP contribution is -2.05. The first-order valence-electron chi connectivity index (χ1n) is 8.64. The first-order chi connectivity index (χ1) is 12.5. The van der Waals surface area contributed by atoms with E-state index < -0.39 is 0 Å². The van der Waals surface area contributed by atoms with Crippen LogP contribution in [-0.4, -0.2) is 24.1 Å². The van der Waals surface area contributed by atoms with Crippen LogP contribution in [0.4, 0.5) is 0 Å². The minimum atomic E-state index is 0.0776. The molecule has 0 aliphatic heterocycles. The van der Waals surface area contributed by atoms with Crippen molar-refractivity contribution in [2.75, 3.05) is 0 Å². The molecule has 26 heavy (non-hydrogen) atoms. The van der Waals surface area contributed by atoms with E-state index in [2.05, 4.69) is 29.3 Å². The molecule has 0 unspecified atom stereocenters. The topological polar surface area (TPSA) is 35.0 Å². The third kappa shape index (κ3) is 3.94. The minimum absolute atomic E-state index is 0.0776. The molecule has 0 saturated carbocycles. The minimum Gasteiger partial charge on any atom is -0.489 e. The van der Waals surface area contributed by atoms with Gasteiger partial charge in [0.05, 0.1) is 19.0 Å². The van der Waals surface area contributed by atoms with Crippen molar-refractivity contribution >= 4 is 30.8 Å². The molecular formula is C20H20BClN2OS. The van der Waals surface area contributed by atoms with Gasteiger partial charge in [-0.2, -0.15) is 0 Å². The van der Waals surface area contributed by atoms with Crippen LogP contribution in [-0.2, 0) is 12.7 Å². The van der Waals surface area contributed by atoms with Crippen LogP contribution in [0.2, 0.25) is 5.02 Å². The van der Waals surface area contributed by atoms with E-state index in [-0.39, 0.29) is 6.10 Å². The highest BCUT2D eigenvalue weighted by atomic mass is 35.5. The monoisotopic (exact) mass is 382 g/mol. The molecule has 132 valence electrons. The average molecular weight is 383 g/mol. The lowest BCUT2D eigenvalue weighted by molar-refractivity contribution is 0.242. The van der Waals surface area contributed by atoms with Crippen LogP contribution >= 0.6 is 22.9 Å². The normalized spacial score (nSPS) is 11.1. The maximum atomic E-state index is 6.35.